The molecule has 0 bridgehead atoms. The van der Waals surface area contributed by atoms with Crippen LogP contribution in [0, 0.1) is 0 Å². The molecule has 2 N–H and O–H groups in total. The van der Waals surface area contributed by atoms with Crippen LogP contribution in [-0.2, 0) is 10.0 Å². The van der Waals surface area contributed by atoms with Crippen LogP contribution in [0.1, 0.15) is 6.92 Å². The maximum absolute atomic E-state index is 11.1. The molecule has 0 heterocycles. The number of hydrogen-bond acceptors (Lipinski definition) is 3. The molecule has 1 aromatic rings. The monoisotopic (exact) mass is 235 g/mol. The lowest BCUT2D eigenvalue weighted by molar-refractivity contribution is 0.475. The maximum atomic E-state index is 11.1. The molecule has 0 aliphatic heterocycles. The van der Waals surface area contributed by atoms with Gasteiger partial charge in [-0.2, -0.15) is 0 Å². The van der Waals surface area contributed by atoms with Gasteiger partial charge in [0.15, 0.2) is 0 Å². The van der Waals surface area contributed by atoms with E-state index >= 15 is 0 Å². The number of aromatic hydroxyl groups is 1. The van der Waals surface area contributed by atoms with E-state index in [-0.39, 0.29) is 16.5 Å². The second-order valence-electron chi connectivity index (χ2n) is 2.67. The summed E-state index contributed by atoms with van der Waals surface area (Å²) < 4.78 is 24.6. The molecule has 0 radical (unpaired) electrons. The van der Waals surface area contributed by atoms with Gasteiger partial charge in [-0.25, -0.2) is 8.42 Å². The Hall–Kier alpha value is -0.940. The van der Waals surface area contributed by atoms with Gasteiger partial charge in [-0.15, -0.1) is 0 Å². The third-order valence-corrected chi connectivity index (χ3v) is 3.21. The molecule has 0 unspecified atom stereocenters. The highest BCUT2D eigenvalue weighted by Crippen LogP contribution is 2.26. The highest BCUT2D eigenvalue weighted by molar-refractivity contribution is 7.92. The average Bonchev–Trinajstić information content (AvgIpc) is 2.11. The maximum Gasteiger partial charge on any atom is 0.232 e. The van der Waals surface area contributed by atoms with Gasteiger partial charge in [0.05, 0.1) is 16.5 Å². The molecule has 0 saturated heterocycles. The SMILES string of the molecule is CCS(=O)(=O)Nc1ccc(O)c(Cl)c1. The number of rotatable bonds is 3. The number of sulfonamides is 1. The quantitative estimate of drug-likeness (QED) is 0.786. The van der Waals surface area contributed by atoms with Crippen LogP contribution in [0.2, 0.25) is 5.02 Å². The number of anilines is 1. The summed E-state index contributed by atoms with van der Waals surface area (Å²) in [4.78, 5) is 0. The summed E-state index contributed by atoms with van der Waals surface area (Å²) in [5.41, 5.74) is 0.342. The highest BCUT2D eigenvalue weighted by atomic mass is 35.5. The van der Waals surface area contributed by atoms with Crippen molar-refractivity contribution in [3.05, 3.63) is 23.2 Å². The molecule has 0 aromatic heterocycles. The Morgan fingerprint density at radius 1 is 1.50 bits per heavy atom. The van der Waals surface area contributed by atoms with Gasteiger partial charge in [0.2, 0.25) is 10.0 Å². The normalized spacial score (nSPS) is 11.3. The molecule has 0 spiro atoms. The van der Waals surface area contributed by atoms with Crippen molar-refractivity contribution in [3.8, 4) is 5.75 Å². The van der Waals surface area contributed by atoms with E-state index < -0.39 is 10.0 Å². The first-order valence-electron chi connectivity index (χ1n) is 3.93. The van der Waals surface area contributed by atoms with Gasteiger partial charge >= 0.3 is 0 Å². The van der Waals surface area contributed by atoms with Crippen molar-refractivity contribution in [3.63, 3.8) is 0 Å². The number of benzene rings is 1. The Morgan fingerprint density at radius 3 is 2.64 bits per heavy atom. The molecule has 0 amide bonds. The van der Waals surface area contributed by atoms with Crippen molar-refractivity contribution in [2.75, 3.05) is 10.5 Å². The second kappa shape index (κ2) is 4.06. The van der Waals surface area contributed by atoms with E-state index in [0.717, 1.165) is 0 Å². The Kier molecular flexibility index (Phi) is 3.23. The molecule has 0 saturated carbocycles. The van der Waals surface area contributed by atoms with E-state index in [4.69, 9.17) is 16.7 Å². The Bertz CT molecular complexity index is 430. The minimum absolute atomic E-state index is 0.00844. The van der Waals surface area contributed by atoms with Gasteiger partial charge in [0.1, 0.15) is 5.75 Å². The Balaban J connectivity index is 2.94. The van der Waals surface area contributed by atoms with Crippen LogP contribution < -0.4 is 4.72 Å². The fraction of sp³-hybridized carbons (Fsp3) is 0.250. The van der Waals surface area contributed by atoms with Crippen LogP contribution >= 0.6 is 11.6 Å². The largest absolute Gasteiger partial charge is 0.506 e. The highest BCUT2D eigenvalue weighted by Gasteiger charge is 2.07. The zero-order valence-corrected chi connectivity index (χ0v) is 9.06. The first-order chi connectivity index (χ1) is 6.44. The van der Waals surface area contributed by atoms with Gasteiger partial charge < -0.3 is 5.11 Å². The summed E-state index contributed by atoms with van der Waals surface area (Å²) in [6.07, 6.45) is 0. The predicted octanol–water partition coefficient (Wildman–Crippen LogP) is 1.81. The lowest BCUT2D eigenvalue weighted by Gasteiger charge is -2.06. The molecular formula is C8H10ClNO3S. The van der Waals surface area contributed by atoms with Crippen LogP contribution in [0.5, 0.6) is 5.75 Å². The first kappa shape index (κ1) is 11.1. The lowest BCUT2D eigenvalue weighted by atomic mass is 10.3. The van der Waals surface area contributed by atoms with E-state index in [9.17, 15) is 8.42 Å². The number of halogens is 1. The van der Waals surface area contributed by atoms with Gasteiger partial charge in [-0.3, -0.25) is 4.72 Å². The van der Waals surface area contributed by atoms with E-state index in [1.165, 1.54) is 25.1 Å². The van der Waals surface area contributed by atoms with Crippen molar-refractivity contribution >= 4 is 27.3 Å². The van der Waals surface area contributed by atoms with E-state index in [0.29, 0.717) is 5.69 Å². The number of hydrogen-bond donors (Lipinski definition) is 2. The van der Waals surface area contributed by atoms with Crippen LogP contribution in [0.25, 0.3) is 0 Å². The van der Waals surface area contributed by atoms with Crippen molar-refractivity contribution in [1.82, 2.24) is 0 Å². The zero-order chi connectivity index (χ0) is 10.8. The van der Waals surface area contributed by atoms with Gasteiger partial charge in [-0.05, 0) is 25.1 Å². The molecule has 0 fully saturated rings. The summed E-state index contributed by atoms with van der Waals surface area (Å²) >= 11 is 5.60. The number of phenolic OH excluding ortho intramolecular Hbond substituents is 1. The van der Waals surface area contributed by atoms with Crippen molar-refractivity contribution in [2.45, 2.75) is 6.92 Å². The third-order valence-electron chi connectivity index (χ3n) is 1.60. The van der Waals surface area contributed by atoms with E-state index in [1.807, 2.05) is 0 Å². The summed E-state index contributed by atoms with van der Waals surface area (Å²) in [6, 6.07) is 4.12. The molecule has 78 valence electrons. The third kappa shape index (κ3) is 2.78. The molecule has 0 aliphatic carbocycles. The van der Waals surface area contributed by atoms with Gasteiger partial charge in [-0.1, -0.05) is 11.6 Å². The molecule has 0 aliphatic rings. The Morgan fingerprint density at radius 2 is 2.14 bits per heavy atom. The predicted molar refractivity (Wildman–Crippen MR) is 56.2 cm³/mol. The van der Waals surface area contributed by atoms with Crippen molar-refractivity contribution < 1.29 is 13.5 Å². The van der Waals surface area contributed by atoms with Crippen LogP contribution in [0.4, 0.5) is 5.69 Å². The molecule has 0 atom stereocenters. The first-order valence-corrected chi connectivity index (χ1v) is 5.96. The van der Waals surface area contributed by atoms with Crippen molar-refractivity contribution in [2.24, 2.45) is 0 Å². The number of nitrogens with one attached hydrogen (secondary N) is 1. The molecular weight excluding hydrogens is 226 g/mol. The molecule has 14 heavy (non-hydrogen) atoms. The average molecular weight is 236 g/mol. The summed E-state index contributed by atoms with van der Waals surface area (Å²) in [7, 11) is -3.29. The Labute approximate surface area is 87.6 Å². The molecule has 6 heteroatoms. The summed E-state index contributed by atoms with van der Waals surface area (Å²) in [5, 5.41) is 9.20. The smallest absolute Gasteiger partial charge is 0.232 e. The standard InChI is InChI=1S/C8H10ClNO3S/c1-2-14(12,13)10-6-3-4-8(11)7(9)5-6/h3-5,10-11H,2H2,1H3. The van der Waals surface area contributed by atoms with Crippen LogP contribution in [-0.4, -0.2) is 19.3 Å². The number of phenols is 1. The molecule has 1 rings (SSSR count). The summed E-state index contributed by atoms with van der Waals surface area (Å²) in [5.74, 6) is -0.0861. The second-order valence-corrected chi connectivity index (χ2v) is 5.09. The van der Waals surface area contributed by atoms with Gasteiger partial charge in [0, 0.05) is 0 Å². The topological polar surface area (TPSA) is 66.4 Å². The van der Waals surface area contributed by atoms with E-state index in [1.54, 1.807) is 0 Å². The fourth-order valence-electron chi connectivity index (χ4n) is 0.822. The minimum Gasteiger partial charge on any atom is -0.506 e. The summed E-state index contributed by atoms with van der Waals surface area (Å²) in [6.45, 7) is 1.53. The van der Waals surface area contributed by atoms with E-state index in [2.05, 4.69) is 4.72 Å². The van der Waals surface area contributed by atoms with Gasteiger partial charge in [0.25, 0.3) is 0 Å². The lowest BCUT2D eigenvalue weighted by Crippen LogP contribution is -2.14. The zero-order valence-electron chi connectivity index (χ0n) is 7.49. The molecule has 4 nitrogen and oxygen atoms in total. The minimum atomic E-state index is -3.29. The van der Waals surface area contributed by atoms with Crippen LogP contribution in [0.15, 0.2) is 18.2 Å². The molecule has 1 aromatic carbocycles. The fourth-order valence-corrected chi connectivity index (χ4v) is 1.63. The van der Waals surface area contributed by atoms with Crippen LogP contribution in [0.3, 0.4) is 0 Å². The van der Waals surface area contributed by atoms with Crippen molar-refractivity contribution in [1.29, 1.82) is 0 Å².